The number of carbonyl (C=O) groups is 2. The molecule has 1 atom stereocenters. The van der Waals surface area contributed by atoms with Gasteiger partial charge in [-0.05, 0) is 42.2 Å². The largest absolute Gasteiger partial charge is 0.357 e. The third-order valence-electron chi connectivity index (χ3n) is 4.54. The van der Waals surface area contributed by atoms with Crippen LogP contribution in [0.5, 0.6) is 0 Å². The van der Waals surface area contributed by atoms with E-state index >= 15 is 0 Å². The van der Waals surface area contributed by atoms with Gasteiger partial charge in [0.2, 0.25) is 11.8 Å². The Morgan fingerprint density at radius 1 is 1.04 bits per heavy atom. The van der Waals surface area contributed by atoms with E-state index in [2.05, 4.69) is 5.32 Å². The van der Waals surface area contributed by atoms with Gasteiger partial charge in [-0.25, -0.2) is 0 Å². The molecule has 0 saturated heterocycles. The van der Waals surface area contributed by atoms with Gasteiger partial charge in [0.15, 0.2) is 0 Å². The molecule has 0 bridgehead atoms. The highest BCUT2D eigenvalue weighted by molar-refractivity contribution is 6.42. The summed E-state index contributed by atoms with van der Waals surface area (Å²) in [7, 11) is 1.57. The average molecular weight is 442 g/mol. The van der Waals surface area contributed by atoms with Gasteiger partial charge in [0.05, 0.1) is 10.0 Å². The molecule has 4 nitrogen and oxygen atoms in total. The molecule has 2 amide bonds. The predicted molar refractivity (Wildman–Crippen MR) is 115 cm³/mol. The van der Waals surface area contributed by atoms with E-state index in [-0.39, 0.29) is 24.8 Å². The molecule has 28 heavy (non-hydrogen) atoms. The molecule has 150 valence electrons. The lowest BCUT2D eigenvalue weighted by Gasteiger charge is -2.30. The highest BCUT2D eigenvalue weighted by atomic mass is 35.5. The number of nitrogens with one attached hydrogen (secondary N) is 1. The quantitative estimate of drug-likeness (QED) is 0.617. The number of hydrogen-bond acceptors (Lipinski definition) is 2. The molecule has 0 radical (unpaired) electrons. The van der Waals surface area contributed by atoms with Crippen LogP contribution in [-0.4, -0.2) is 29.8 Å². The normalized spacial score (nSPS) is 11.8. The summed E-state index contributed by atoms with van der Waals surface area (Å²) < 4.78 is 0. The Labute approximate surface area is 180 Å². The first-order chi connectivity index (χ1) is 13.4. The zero-order valence-electron chi connectivity index (χ0n) is 15.8. The van der Waals surface area contributed by atoms with Gasteiger partial charge in [-0.2, -0.15) is 0 Å². The second-order valence-corrected chi connectivity index (χ2v) is 7.62. The van der Waals surface area contributed by atoms with Crippen LogP contribution in [0.25, 0.3) is 0 Å². The van der Waals surface area contributed by atoms with Crippen molar-refractivity contribution < 1.29 is 9.59 Å². The second-order valence-electron chi connectivity index (χ2n) is 6.40. The summed E-state index contributed by atoms with van der Waals surface area (Å²) in [5.74, 6) is -0.324. The van der Waals surface area contributed by atoms with Crippen molar-refractivity contribution >= 4 is 46.6 Å². The molecular formula is C21H23Cl3N2O2. The Balaban J connectivity index is 2.23. The van der Waals surface area contributed by atoms with Gasteiger partial charge in [0.25, 0.3) is 0 Å². The third-order valence-corrected chi connectivity index (χ3v) is 5.64. The van der Waals surface area contributed by atoms with Crippen molar-refractivity contribution in [1.29, 1.82) is 0 Å². The van der Waals surface area contributed by atoms with Gasteiger partial charge >= 0.3 is 0 Å². The fourth-order valence-corrected chi connectivity index (χ4v) is 3.56. The molecule has 7 heteroatoms. The van der Waals surface area contributed by atoms with Crippen molar-refractivity contribution in [2.45, 2.75) is 38.8 Å². The summed E-state index contributed by atoms with van der Waals surface area (Å²) >= 11 is 18.3. The van der Waals surface area contributed by atoms with E-state index in [0.717, 1.165) is 11.1 Å². The first kappa shape index (κ1) is 22.5. The van der Waals surface area contributed by atoms with Crippen LogP contribution < -0.4 is 5.32 Å². The zero-order chi connectivity index (χ0) is 20.7. The van der Waals surface area contributed by atoms with E-state index in [1.165, 1.54) is 0 Å². The Morgan fingerprint density at radius 2 is 1.75 bits per heavy atom. The number of rotatable bonds is 8. The maximum Gasteiger partial charge on any atom is 0.242 e. The van der Waals surface area contributed by atoms with Crippen LogP contribution in [0.4, 0.5) is 0 Å². The van der Waals surface area contributed by atoms with Crippen molar-refractivity contribution in [3.8, 4) is 0 Å². The van der Waals surface area contributed by atoms with E-state index in [1.54, 1.807) is 36.2 Å². The van der Waals surface area contributed by atoms with Gasteiger partial charge in [0, 0.05) is 25.0 Å². The third kappa shape index (κ3) is 5.87. The fraction of sp³-hybridized carbons (Fsp3) is 0.333. The Morgan fingerprint density at radius 3 is 2.36 bits per heavy atom. The van der Waals surface area contributed by atoms with Crippen LogP contribution in [0.1, 0.15) is 30.9 Å². The first-order valence-electron chi connectivity index (χ1n) is 9.05. The number of carbonyl (C=O) groups excluding carboxylic acids is 2. The first-order valence-corrected chi connectivity index (χ1v) is 10.2. The Hall–Kier alpha value is -1.75. The fourth-order valence-electron chi connectivity index (χ4n) is 3.01. The molecule has 0 fully saturated rings. The predicted octanol–water partition coefficient (Wildman–Crippen LogP) is 5.13. The van der Waals surface area contributed by atoms with Crippen LogP contribution in [0.3, 0.4) is 0 Å². The molecule has 0 aromatic heterocycles. The van der Waals surface area contributed by atoms with Crippen LogP contribution in [0.2, 0.25) is 15.1 Å². The second kappa shape index (κ2) is 10.7. The van der Waals surface area contributed by atoms with E-state index in [4.69, 9.17) is 34.8 Å². The van der Waals surface area contributed by atoms with Crippen molar-refractivity contribution in [2.75, 3.05) is 7.05 Å². The smallest absolute Gasteiger partial charge is 0.242 e. The number of nitrogens with zero attached hydrogens (tertiary/aromatic N) is 1. The average Bonchev–Trinajstić information content (AvgIpc) is 2.69. The highest BCUT2D eigenvalue weighted by Gasteiger charge is 2.28. The standard InChI is InChI=1S/C21H23Cl3N2O2/c1-3-19(21(28)25-2)26(13-14-8-10-17(23)18(24)12-14)20(27)11-9-15-6-4-5-7-16(15)22/h4-8,10,12,19H,3,9,11,13H2,1-2H3,(H,25,28)/t19-/m0/s1. The van der Waals surface area contributed by atoms with Gasteiger partial charge < -0.3 is 10.2 Å². The van der Waals surface area contributed by atoms with Gasteiger partial charge in [-0.15, -0.1) is 0 Å². The monoisotopic (exact) mass is 440 g/mol. The van der Waals surface area contributed by atoms with Gasteiger partial charge in [-0.1, -0.05) is 66.0 Å². The van der Waals surface area contributed by atoms with Crippen LogP contribution in [0.15, 0.2) is 42.5 Å². The molecule has 0 aliphatic carbocycles. The number of halogens is 3. The van der Waals surface area contributed by atoms with Crippen molar-refractivity contribution in [2.24, 2.45) is 0 Å². The van der Waals surface area contributed by atoms with Gasteiger partial charge in [-0.3, -0.25) is 9.59 Å². The molecule has 0 unspecified atom stereocenters. The number of amides is 2. The SMILES string of the molecule is CC[C@@H](C(=O)NC)N(Cc1ccc(Cl)c(Cl)c1)C(=O)CCc1ccccc1Cl. The zero-order valence-corrected chi connectivity index (χ0v) is 18.1. The van der Waals surface area contributed by atoms with Crippen molar-refractivity contribution in [3.63, 3.8) is 0 Å². The Kier molecular flexibility index (Phi) is 8.61. The van der Waals surface area contributed by atoms with Crippen LogP contribution in [-0.2, 0) is 22.6 Å². The molecule has 0 heterocycles. The Bertz CT molecular complexity index is 842. The molecule has 0 saturated carbocycles. The van der Waals surface area contributed by atoms with Crippen LogP contribution >= 0.6 is 34.8 Å². The maximum absolute atomic E-state index is 13.0. The molecule has 2 aromatic rings. The lowest BCUT2D eigenvalue weighted by molar-refractivity contribution is -0.141. The lowest BCUT2D eigenvalue weighted by atomic mass is 10.1. The van der Waals surface area contributed by atoms with E-state index < -0.39 is 6.04 Å². The molecule has 0 spiro atoms. The molecule has 2 aromatic carbocycles. The van der Waals surface area contributed by atoms with Gasteiger partial charge in [0.1, 0.15) is 6.04 Å². The topological polar surface area (TPSA) is 49.4 Å². The van der Waals surface area contributed by atoms with E-state index in [9.17, 15) is 9.59 Å². The van der Waals surface area contributed by atoms with E-state index in [0.29, 0.717) is 27.9 Å². The highest BCUT2D eigenvalue weighted by Crippen LogP contribution is 2.24. The summed E-state index contributed by atoms with van der Waals surface area (Å²) in [5, 5.41) is 4.13. The molecule has 1 N–H and O–H groups in total. The minimum atomic E-state index is -0.571. The molecule has 2 rings (SSSR count). The maximum atomic E-state index is 13.0. The minimum Gasteiger partial charge on any atom is -0.357 e. The summed E-state index contributed by atoms with van der Waals surface area (Å²) in [5.41, 5.74) is 1.71. The molecule has 0 aliphatic heterocycles. The summed E-state index contributed by atoms with van der Waals surface area (Å²) in [4.78, 5) is 27.0. The lowest BCUT2D eigenvalue weighted by Crippen LogP contribution is -2.48. The van der Waals surface area contributed by atoms with Crippen molar-refractivity contribution in [1.82, 2.24) is 10.2 Å². The molecular weight excluding hydrogens is 419 g/mol. The summed E-state index contributed by atoms with van der Waals surface area (Å²) in [6.45, 7) is 2.15. The number of hydrogen-bond donors (Lipinski definition) is 1. The number of likely N-dealkylation sites (N-methyl/N-ethyl adjacent to an activating group) is 1. The summed E-state index contributed by atoms with van der Waals surface area (Å²) in [6, 6.07) is 12.1. The van der Waals surface area contributed by atoms with E-state index in [1.807, 2.05) is 25.1 Å². The number of benzene rings is 2. The van der Waals surface area contributed by atoms with Crippen molar-refractivity contribution in [3.05, 3.63) is 68.7 Å². The summed E-state index contributed by atoms with van der Waals surface area (Å²) in [6.07, 6.45) is 1.25. The molecule has 0 aliphatic rings. The number of aryl methyl sites for hydroxylation is 1. The van der Waals surface area contributed by atoms with Crippen LogP contribution in [0, 0.1) is 0 Å². The minimum absolute atomic E-state index is 0.124.